The van der Waals surface area contributed by atoms with Crippen molar-refractivity contribution in [3.05, 3.63) is 52.1 Å². The van der Waals surface area contributed by atoms with Crippen LogP contribution in [0, 0.1) is 58.4 Å². The molecule has 1 fully saturated rings. The Hall–Kier alpha value is -2.65. The molecule has 0 atom stereocenters. The lowest BCUT2D eigenvalue weighted by Gasteiger charge is -2.27. The summed E-state index contributed by atoms with van der Waals surface area (Å²) in [5, 5.41) is 0. The molecule has 2 aromatic carbocycles. The summed E-state index contributed by atoms with van der Waals surface area (Å²) in [6.45, 7) is 3.25. The molecule has 1 aliphatic rings. The van der Waals surface area contributed by atoms with E-state index in [1.807, 2.05) is 0 Å². The first-order valence-electron chi connectivity index (χ1n) is 12.0. The highest BCUT2D eigenvalue weighted by atomic mass is 19.2. The molecule has 0 amide bonds. The third-order valence-corrected chi connectivity index (χ3v) is 6.78. The lowest BCUT2D eigenvalue weighted by atomic mass is 9.80. The molecule has 0 bridgehead atoms. The van der Waals surface area contributed by atoms with Gasteiger partial charge in [0.1, 0.15) is 0 Å². The third-order valence-electron chi connectivity index (χ3n) is 6.78. The minimum Gasteiger partial charge on any atom is -0.420 e. The third kappa shape index (κ3) is 5.22. The van der Waals surface area contributed by atoms with E-state index >= 15 is 0 Å². The van der Waals surface area contributed by atoms with Crippen LogP contribution >= 0.6 is 0 Å². The molecule has 0 heterocycles. The predicted octanol–water partition coefficient (Wildman–Crippen LogP) is 8.32. The van der Waals surface area contributed by atoms with Crippen molar-refractivity contribution in [1.29, 1.82) is 0 Å². The number of benzene rings is 2. The molecule has 1 aliphatic carbocycles. The predicted molar refractivity (Wildman–Crippen MR) is 116 cm³/mol. The first-order valence-corrected chi connectivity index (χ1v) is 12.0. The summed E-state index contributed by atoms with van der Waals surface area (Å²) in [7, 11) is 0. The van der Waals surface area contributed by atoms with Crippen LogP contribution in [0.1, 0.15) is 70.8 Å². The van der Waals surface area contributed by atoms with Crippen molar-refractivity contribution in [2.24, 2.45) is 11.8 Å². The summed E-state index contributed by atoms with van der Waals surface area (Å²) >= 11 is 0. The Morgan fingerprint density at radius 1 is 0.694 bits per heavy atom. The Morgan fingerprint density at radius 3 is 1.61 bits per heavy atom. The van der Waals surface area contributed by atoms with Gasteiger partial charge in [-0.2, -0.15) is 8.78 Å². The molecule has 3 rings (SSSR count). The van der Waals surface area contributed by atoms with Crippen molar-refractivity contribution in [3.8, 4) is 16.9 Å². The van der Waals surface area contributed by atoms with Crippen molar-refractivity contribution >= 4 is 5.97 Å². The fourth-order valence-electron chi connectivity index (χ4n) is 4.68. The average Bonchev–Trinajstić information content (AvgIpc) is 2.87. The quantitative estimate of drug-likeness (QED) is 0.115. The number of hydrogen-bond acceptors (Lipinski definition) is 2. The van der Waals surface area contributed by atoms with E-state index in [1.54, 1.807) is 0 Å². The first kappa shape index (κ1) is 27.9. The van der Waals surface area contributed by atoms with Crippen LogP contribution in [0.25, 0.3) is 11.1 Å². The largest absolute Gasteiger partial charge is 0.420 e. The van der Waals surface area contributed by atoms with Gasteiger partial charge in [0, 0.05) is 5.56 Å². The van der Waals surface area contributed by atoms with Gasteiger partial charge in [-0.05, 0) is 38.0 Å². The molecule has 2 aromatic rings. The molecule has 2 nitrogen and oxygen atoms in total. The monoisotopic (exact) mass is 522 g/mol. The Bertz CT molecular complexity index is 1080. The van der Waals surface area contributed by atoms with E-state index in [2.05, 4.69) is 11.7 Å². The van der Waals surface area contributed by atoms with Gasteiger partial charge in [0.25, 0.3) is 0 Å². The number of hydrogen-bond donors (Lipinski definition) is 0. The summed E-state index contributed by atoms with van der Waals surface area (Å²) in [4.78, 5) is 12.5. The smallest absolute Gasteiger partial charge is 0.314 e. The van der Waals surface area contributed by atoms with Gasteiger partial charge >= 0.3 is 5.97 Å². The Morgan fingerprint density at radius 2 is 1.17 bits per heavy atom. The number of carbonyl (C=O) groups excluding carboxylic acids is 1. The van der Waals surface area contributed by atoms with Crippen LogP contribution in [0.15, 0.2) is 0 Å². The van der Waals surface area contributed by atoms with Gasteiger partial charge in [-0.15, -0.1) is 0 Å². The van der Waals surface area contributed by atoms with Gasteiger partial charge in [0.2, 0.25) is 17.4 Å². The lowest BCUT2D eigenvalue weighted by molar-refractivity contribution is -0.140. The van der Waals surface area contributed by atoms with Gasteiger partial charge in [0.05, 0.1) is 17.0 Å². The molecule has 0 aliphatic heterocycles. The van der Waals surface area contributed by atoms with Crippen LogP contribution in [-0.4, -0.2) is 5.97 Å². The second kappa shape index (κ2) is 11.6. The molecule has 1 saturated carbocycles. The van der Waals surface area contributed by atoms with Gasteiger partial charge in [-0.3, -0.25) is 4.79 Å². The zero-order valence-corrected chi connectivity index (χ0v) is 19.9. The second-order valence-corrected chi connectivity index (χ2v) is 9.06. The Balaban J connectivity index is 1.90. The topological polar surface area (TPSA) is 26.3 Å². The molecular weight excluding hydrogens is 496 g/mol. The number of ether oxygens (including phenoxy) is 1. The average molecular weight is 522 g/mol. The molecule has 0 aromatic heterocycles. The van der Waals surface area contributed by atoms with Gasteiger partial charge in [-0.1, -0.05) is 39.5 Å². The number of esters is 1. The fourth-order valence-corrected chi connectivity index (χ4v) is 4.68. The number of rotatable bonds is 8. The van der Waals surface area contributed by atoms with Crippen LogP contribution in [0.2, 0.25) is 0 Å². The van der Waals surface area contributed by atoms with Gasteiger partial charge in [-0.25, -0.2) is 26.3 Å². The number of unbranched alkanes of at least 4 members (excludes halogenated alkanes) is 2. The zero-order chi connectivity index (χ0) is 26.7. The molecule has 36 heavy (non-hydrogen) atoms. The first-order chi connectivity index (χ1) is 17.0. The summed E-state index contributed by atoms with van der Waals surface area (Å²) < 4.78 is 121. The van der Waals surface area contributed by atoms with E-state index < -0.39 is 87.3 Å². The lowest BCUT2D eigenvalue weighted by Crippen LogP contribution is -2.26. The van der Waals surface area contributed by atoms with E-state index in [4.69, 9.17) is 0 Å². The highest BCUT2D eigenvalue weighted by molar-refractivity contribution is 5.76. The highest BCUT2D eigenvalue weighted by Crippen LogP contribution is 2.41. The normalized spacial score (nSPS) is 17.9. The minimum atomic E-state index is -2.36. The van der Waals surface area contributed by atoms with Crippen molar-refractivity contribution in [2.45, 2.75) is 71.6 Å². The van der Waals surface area contributed by atoms with E-state index in [9.17, 15) is 39.9 Å². The summed E-state index contributed by atoms with van der Waals surface area (Å²) in [5.74, 6) is -20.8. The Kier molecular flexibility index (Phi) is 9.00. The number of carbonyl (C=O) groups is 1. The maximum atomic E-state index is 14.7. The molecule has 0 unspecified atom stereocenters. The van der Waals surface area contributed by atoms with Gasteiger partial charge < -0.3 is 4.74 Å². The number of halogens is 8. The van der Waals surface area contributed by atoms with Crippen LogP contribution in [-0.2, 0) is 11.2 Å². The summed E-state index contributed by atoms with van der Waals surface area (Å²) in [5.41, 5.74) is -4.98. The van der Waals surface area contributed by atoms with E-state index in [0.29, 0.717) is 31.6 Å². The van der Waals surface area contributed by atoms with E-state index in [1.165, 1.54) is 6.92 Å². The fraction of sp³-hybridized carbons (Fsp3) is 0.500. The van der Waals surface area contributed by atoms with Crippen molar-refractivity contribution in [2.75, 3.05) is 0 Å². The summed E-state index contributed by atoms with van der Waals surface area (Å²) in [6, 6.07) is 0. The molecular formula is C26H26F8O2. The van der Waals surface area contributed by atoms with Crippen LogP contribution in [0.3, 0.4) is 0 Å². The van der Waals surface area contributed by atoms with Crippen LogP contribution in [0.5, 0.6) is 5.75 Å². The van der Waals surface area contributed by atoms with E-state index in [-0.39, 0.29) is 0 Å². The second-order valence-electron chi connectivity index (χ2n) is 9.06. The summed E-state index contributed by atoms with van der Waals surface area (Å²) in [6.07, 6.45) is 5.77. The molecule has 0 N–H and O–H groups in total. The SMILES string of the molecule is CCCCC[C@H]1CC[C@H](C(=O)Oc2c(F)c(F)c(-c3c(F)c(F)c(CC)c(F)c3F)c(F)c2F)CC1. The van der Waals surface area contributed by atoms with Crippen molar-refractivity contribution < 1.29 is 44.7 Å². The maximum Gasteiger partial charge on any atom is 0.314 e. The van der Waals surface area contributed by atoms with Crippen LogP contribution in [0.4, 0.5) is 35.1 Å². The molecule has 0 spiro atoms. The van der Waals surface area contributed by atoms with Crippen molar-refractivity contribution in [1.82, 2.24) is 0 Å². The van der Waals surface area contributed by atoms with Gasteiger partial charge in [0.15, 0.2) is 34.9 Å². The Labute approximate surface area is 203 Å². The standard InChI is InChI=1S/C26H26F8O2/c1-3-5-6-7-12-8-10-13(11-9-12)26(35)36-25-23(33)21(31)16(22(32)24(25)34)15-19(29)17(27)14(4-2)18(28)20(15)30/h12-13H,3-11H2,1-2H3/t12-,13-. The highest BCUT2D eigenvalue weighted by Gasteiger charge is 2.36. The van der Waals surface area contributed by atoms with E-state index in [0.717, 1.165) is 25.7 Å². The minimum absolute atomic E-state index is 0.362. The zero-order valence-electron chi connectivity index (χ0n) is 19.9. The molecule has 0 radical (unpaired) electrons. The molecule has 10 heteroatoms. The van der Waals surface area contributed by atoms with Crippen molar-refractivity contribution in [3.63, 3.8) is 0 Å². The molecule has 198 valence electrons. The van der Waals surface area contributed by atoms with Crippen LogP contribution < -0.4 is 4.74 Å². The maximum absolute atomic E-state index is 14.7. The molecule has 0 saturated heterocycles.